The third-order valence-electron chi connectivity index (χ3n) is 5.24. The van der Waals surface area contributed by atoms with E-state index in [1.54, 1.807) is 11.0 Å². The van der Waals surface area contributed by atoms with Gasteiger partial charge < -0.3 is 19.7 Å². The summed E-state index contributed by atoms with van der Waals surface area (Å²) >= 11 is 0. The minimum Gasteiger partial charge on any atom is -0.505 e. The molecule has 1 atom stereocenters. The number of likely N-dealkylation sites (tertiary alicyclic amines) is 1. The van der Waals surface area contributed by atoms with Crippen molar-refractivity contribution in [3.63, 3.8) is 0 Å². The second kappa shape index (κ2) is 7.38. The number of hydrogen-bond donors (Lipinski definition) is 2. The SMILES string of the molecule is O=C(N[C@H]1CCCN(C(=O)c2ncccc2O)C1)c1coc(C2CCC2)n1. The first-order valence-electron chi connectivity index (χ1n) is 9.31. The van der Waals surface area contributed by atoms with Crippen LogP contribution in [0.1, 0.15) is 64.9 Å². The molecule has 27 heavy (non-hydrogen) atoms. The largest absolute Gasteiger partial charge is 0.505 e. The van der Waals surface area contributed by atoms with Crippen LogP contribution in [0.15, 0.2) is 29.0 Å². The summed E-state index contributed by atoms with van der Waals surface area (Å²) in [6, 6.07) is 2.83. The molecule has 1 saturated carbocycles. The number of hydrogen-bond acceptors (Lipinski definition) is 6. The molecule has 0 aromatic carbocycles. The summed E-state index contributed by atoms with van der Waals surface area (Å²) in [4.78, 5) is 35.0. The highest BCUT2D eigenvalue weighted by Crippen LogP contribution is 2.35. The highest BCUT2D eigenvalue weighted by atomic mass is 16.3. The summed E-state index contributed by atoms with van der Waals surface area (Å²) in [5, 5.41) is 12.8. The van der Waals surface area contributed by atoms with Gasteiger partial charge in [-0.15, -0.1) is 0 Å². The first-order chi connectivity index (χ1) is 13.1. The first kappa shape index (κ1) is 17.5. The monoisotopic (exact) mass is 370 g/mol. The summed E-state index contributed by atoms with van der Waals surface area (Å²) in [7, 11) is 0. The van der Waals surface area contributed by atoms with Gasteiger partial charge in [-0.3, -0.25) is 9.59 Å². The zero-order valence-corrected chi connectivity index (χ0v) is 14.9. The first-order valence-corrected chi connectivity index (χ1v) is 9.31. The normalized spacial score (nSPS) is 20.1. The lowest BCUT2D eigenvalue weighted by molar-refractivity contribution is 0.0666. The molecule has 4 rings (SSSR count). The van der Waals surface area contributed by atoms with Gasteiger partial charge >= 0.3 is 0 Å². The van der Waals surface area contributed by atoms with E-state index in [2.05, 4.69) is 15.3 Å². The minimum atomic E-state index is -0.333. The van der Waals surface area contributed by atoms with E-state index in [4.69, 9.17) is 4.42 Å². The van der Waals surface area contributed by atoms with Gasteiger partial charge in [0.25, 0.3) is 11.8 Å². The van der Waals surface area contributed by atoms with Crippen LogP contribution in [0, 0.1) is 0 Å². The van der Waals surface area contributed by atoms with Crippen molar-refractivity contribution in [1.82, 2.24) is 20.2 Å². The predicted octanol–water partition coefficient (Wildman–Crippen LogP) is 2.08. The van der Waals surface area contributed by atoms with E-state index in [0.29, 0.717) is 24.9 Å². The van der Waals surface area contributed by atoms with Crippen LogP contribution in [0.2, 0.25) is 0 Å². The van der Waals surface area contributed by atoms with E-state index < -0.39 is 0 Å². The molecule has 8 heteroatoms. The minimum absolute atomic E-state index is 0.0334. The molecule has 0 spiro atoms. The number of aromatic nitrogens is 2. The summed E-state index contributed by atoms with van der Waals surface area (Å²) in [6.45, 7) is 0.935. The van der Waals surface area contributed by atoms with Gasteiger partial charge in [-0.25, -0.2) is 9.97 Å². The van der Waals surface area contributed by atoms with Crippen LogP contribution in [0.25, 0.3) is 0 Å². The lowest BCUT2D eigenvalue weighted by atomic mass is 9.85. The van der Waals surface area contributed by atoms with Crippen molar-refractivity contribution in [2.24, 2.45) is 0 Å². The number of nitrogens with one attached hydrogen (secondary N) is 1. The summed E-state index contributed by atoms with van der Waals surface area (Å²) < 4.78 is 5.44. The number of nitrogens with zero attached hydrogens (tertiary/aromatic N) is 3. The Morgan fingerprint density at radius 3 is 2.85 bits per heavy atom. The van der Waals surface area contributed by atoms with Gasteiger partial charge in [0.05, 0.1) is 0 Å². The number of rotatable bonds is 4. The number of piperidine rings is 1. The van der Waals surface area contributed by atoms with Crippen LogP contribution in [0.3, 0.4) is 0 Å². The molecule has 2 N–H and O–H groups in total. The average Bonchev–Trinajstić information content (AvgIpc) is 3.10. The molecule has 2 aromatic heterocycles. The Hall–Kier alpha value is -2.90. The van der Waals surface area contributed by atoms with E-state index >= 15 is 0 Å². The predicted molar refractivity (Wildman–Crippen MR) is 95.4 cm³/mol. The summed E-state index contributed by atoms with van der Waals surface area (Å²) in [5.74, 6) is 0.211. The molecule has 2 amide bonds. The van der Waals surface area contributed by atoms with Crippen LogP contribution >= 0.6 is 0 Å². The van der Waals surface area contributed by atoms with Crippen molar-refractivity contribution < 1.29 is 19.1 Å². The molecule has 8 nitrogen and oxygen atoms in total. The number of oxazole rings is 1. The maximum atomic E-state index is 12.6. The van der Waals surface area contributed by atoms with Gasteiger partial charge in [-0.05, 0) is 37.8 Å². The van der Waals surface area contributed by atoms with Gasteiger partial charge in [0.2, 0.25) is 0 Å². The number of carbonyl (C=O) groups is 2. The van der Waals surface area contributed by atoms with Gasteiger partial charge in [0.1, 0.15) is 12.0 Å². The maximum Gasteiger partial charge on any atom is 0.276 e. The smallest absolute Gasteiger partial charge is 0.276 e. The Morgan fingerprint density at radius 1 is 1.26 bits per heavy atom. The molecule has 142 valence electrons. The zero-order chi connectivity index (χ0) is 18.8. The van der Waals surface area contributed by atoms with Gasteiger partial charge in [-0.2, -0.15) is 0 Å². The standard InChI is InChI=1S/C19H22N4O4/c24-15-7-2-8-20-16(15)19(26)23-9-3-6-13(10-23)21-17(25)14-11-27-18(22-14)12-4-1-5-12/h2,7-8,11-13,24H,1,3-6,9-10H2,(H,21,25)/t13-/m0/s1. The Balaban J connectivity index is 1.38. The van der Waals surface area contributed by atoms with Crippen molar-refractivity contribution in [2.75, 3.05) is 13.1 Å². The van der Waals surface area contributed by atoms with E-state index in [0.717, 1.165) is 25.7 Å². The Bertz CT molecular complexity index is 846. The second-order valence-corrected chi connectivity index (χ2v) is 7.13. The quantitative estimate of drug-likeness (QED) is 0.853. The maximum absolute atomic E-state index is 12.6. The van der Waals surface area contributed by atoms with E-state index in [1.807, 2.05) is 0 Å². The Labute approximate surface area is 156 Å². The van der Waals surface area contributed by atoms with Crippen molar-refractivity contribution >= 4 is 11.8 Å². The van der Waals surface area contributed by atoms with Crippen molar-refractivity contribution in [1.29, 1.82) is 0 Å². The van der Waals surface area contributed by atoms with Gasteiger partial charge in [0, 0.05) is 31.2 Å². The molecule has 0 bridgehead atoms. The van der Waals surface area contributed by atoms with Crippen molar-refractivity contribution in [3.8, 4) is 5.75 Å². The van der Waals surface area contributed by atoms with Crippen LogP contribution < -0.4 is 5.32 Å². The molecular formula is C19H22N4O4. The molecule has 3 heterocycles. The average molecular weight is 370 g/mol. The fourth-order valence-electron chi connectivity index (χ4n) is 3.48. The molecular weight excluding hydrogens is 348 g/mol. The second-order valence-electron chi connectivity index (χ2n) is 7.13. The third-order valence-corrected chi connectivity index (χ3v) is 5.24. The lowest BCUT2D eigenvalue weighted by Crippen LogP contribution is -2.49. The van der Waals surface area contributed by atoms with Crippen molar-refractivity contribution in [3.05, 3.63) is 41.9 Å². The highest BCUT2D eigenvalue weighted by molar-refractivity contribution is 5.95. The third kappa shape index (κ3) is 3.65. The molecule has 0 radical (unpaired) electrons. The number of aromatic hydroxyl groups is 1. The van der Waals surface area contributed by atoms with E-state index in [9.17, 15) is 14.7 Å². The van der Waals surface area contributed by atoms with Gasteiger partial charge in [0.15, 0.2) is 17.3 Å². The van der Waals surface area contributed by atoms with Crippen LogP contribution in [-0.2, 0) is 0 Å². The topological polar surface area (TPSA) is 109 Å². The van der Waals surface area contributed by atoms with Crippen LogP contribution in [0.4, 0.5) is 0 Å². The fraction of sp³-hybridized carbons (Fsp3) is 0.474. The molecule has 0 unspecified atom stereocenters. The lowest BCUT2D eigenvalue weighted by Gasteiger charge is -2.32. The molecule has 1 aliphatic heterocycles. The number of carbonyl (C=O) groups excluding carboxylic acids is 2. The molecule has 2 aromatic rings. The van der Waals surface area contributed by atoms with Crippen LogP contribution in [-0.4, -0.2) is 50.9 Å². The highest BCUT2D eigenvalue weighted by Gasteiger charge is 2.29. The van der Waals surface area contributed by atoms with Crippen LogP contribution in [0.5, 0.6) is 5.75 Å². The van der Waals surface area contributed by atoms with E-state index in [1.165, 1.54) is 24.9 Å². The Kier molecular flexibility index (Phi) is 4.79. The molecule has 1 saturated heterocycles. The molecule has 2 fully saturated rings. The number of amides is 2. The van der Waals surface area contributed by atoms with Crippen molar-refractivity contribution in [2.45, 2.75) is 44.1 Å². The summed E-state index contributed by atoms with van der Waals surface area (Å²) in [5.41, 5.74) is 0.314. The Morgan fingerprint density at radius 2 is 2.11 bits per heavy atom. The van der Waals surface area contributed by atoms with Gasteiger partial charge in [-0.1, -0.05) is 6.42 Å². The fourth-order valence-corrected chi connectivity index (χ4v) is 3.48. The molecule has 2 aliphatic rings. The van der Waals surface area contributed by atoms with E-state index in [-0.39, 0.29) is 35.0 Å². The zero-order valence-electron chi connectivity index (χ0n) is 14.9. The summed E-state index contributed by atoms with van der Waals surface area (Å²) in [6.07, 6.45) is 7.70. The molecule has 1 aliphatic carbocycles. The number of pyridine rings is 1.